The highest BCUT2D eigenvalue weighted by Gasteiger charge is 2.58. The van der Waals surface area contributed by atoms with Gasteiger partial charge in [0.25, 0.3) is 0 Å². The van der Waals surface area contributed by atoms with Gasteiger partial charge in [-0.25, -0.2) is 29.5 Å². The molecule has 0 aromatic carbocycles. The molecule has 9 N–H and O–H groups in total. The van der Waals surface area contributed by atoms with Gasteiger partial charge in [-0.3, -0.25) is 13.6 Å². The van der Waals surface area contributed by atoms with Crippen LogP contribution in [0.15, 0.2) is 0 Å². The summed E-state index contributed by atoms with van der Waals surface area (Å²) < 4.78 is 62.0. The van der Waals surface area contributed by atoms with Gasteiger partial charge in [-0.1, -0.05) is 0 Å². The molecule has 0 amide bonds. The summed E-state index contributed by atoms with van der Waals surface area (Å²) in [5.41, 5.74) is -4.76. The van der Waals surface area contributed by atoms with Crippen molar-refractivity contribution in [3.05, 3.63) is 0 Å². The zero-order valence-corrected chi connectivity index (χ0v) is 22.1. The smallest absolute Gasteiger partial charge is 0.303 e. The topological polar surface area (TPSA) is 344 Å². The summed E-state index contributed by atoms with van der Waals surface area (Å²) >= 11 is 0. The highest BCUT2D eigenvalue weighted by Crippen LogP contribution is 2.58. The molecule has 1 aliphatic carbocycles. The van der Waals surface area contributed by atoms with Crippen molar-refractivity contribution in [2.24, 2.45) is 0 Å². The molecule has 0 heterocycles. The first-order valence-corrected chi connectivity index (χ1v) is 15.6. The molecule has 1 fully saturated rings. The van der Waals surface area contributed by atoms with E-state index in [0.717, 1.165) is 0 Å². The number of hydrogen-bond acceptors (Lipinski definition) is 18. The Bertz CT molecular complexity index is 716. The molecule has 0 bridgehead atoms. The largest absolute Gasteiger partial charge is 0.470 e. The predicted molar refractivity (Wildman–Crippen MR) is 105 cm³/mol. The molecule has 1 saturated carbocycles. The van der Waals surface area contributed by atoms with Crippen LogP contribution in [0.3, 0.4) is 0 Å². The van der Waals surface area contributed by atoms with E-state index in [1.807, 2.05) is 0 Å². The van der Waals surface area contributed by atoms with Crippen molar-refractivity contribution in [2.45, 2.75) is 35.3 Å². The van der Waals surface area contributed by atoms with Crippen LogP contribution in [0.1, 0.15) is 0 Å². The Balaban J connectivity index is 3.68. The normalized spacial score (nSPS) is 28.9. The van der Waals surface area contributed by atoms with Crippen molar-refractivity contribution in [3.8, 4) is 0 Å². The van der Waals surface area contributed by atoms with Gasteiger partial charge in [0.2, 0.25) is 0 Å². The second-order valence-corrected chi connectivity index (χ2v) is 12.6. The third-order valence-corrected chi connectivity index (χ3v) is 9.28. The molecule has 1 aliphatic rings. The lowest BCUT2D eigenvalue weighted by molar-refractivity contribution is -0.593. The van der Waals surface area contributed by atoms with Gasteiger partial charge in [-0.2, -0.15) is 14.0 Å². The van der Waals surface area contributed by atoms with Gasteiger partial charge >= 0.3 is 23.5 Å². The molecule has 0 saturated heterocycles. The number of hydrogen-bond donors (Lipinski definition) is 9. The SMILES string of the molecule is O=P(O)(O)OC1[C@H](OP(=O)(O)O)[C@H](POOOO)C(POOOO)[C@H](POOOO)[C@H]1OP(=O)(O)O. The van der Waals surface area contributed by atoms with Gasteiger partial charge < -0.3 is 29.4 Å². The van der Waals surface area contributed by atoms with E-state index in [1.165, 1.54) is 0 Å². The van der Waals surface area contributed by atoms with E-state index in [1.54, 1.807) is 0 Å². The second-order valence-electron chi connectivity index (χ2n) is 5.79. The standard InChI is InChI=1S/C6H18O24P6/c7-22-25-28-31-4-2(20-35(13,14)15)1(19-34(10,11)12)3(21-36(16,17)18)5(32-29-26-23-8)6(4)33-30-27-24-9/h1-9,31-33H,(H2,10,11,12)(H2,13,14,15)(H2,16,17,18)/t1?,2-,3-,4-,5+,6?/m0/s1. The second kappa shape index (κ2) is 16.4. The number of rotatable bonds is 18. The van der Waals surface area contributed by atoms with Crippen LogP contribution in [0, 0.1) is 0 Å². The maximum atomic E-state index is 11.6. The van der Waals surface area contributed by atoms with E-state index in [4.69, 9.17) is 15.8 Å². The lowest BCUT2D eigenvalue weighted by Crippen LogP contribution is -2.61. The molecule has 0 aliphatic heterocycles. The molecule has 24 nitrogen and oxygen atoms in total. The van der Waals surface area contributed by atoms with Crippen LogP contribution in [-0.2, 0) is 71.5 Å². The molecule has 0 aromatic heterocycles. The van der Waals surface area contributed by atoms with Crippen molar-refractivity contribution in [1.82, 2.24) is 0 Å². The van der Waals surface area contributed by atoms with Crippen molar-refractivity contribution in [3.63, 3.8) is 0 Å². The van der Waals surface area contributed by atoms with Crippen LogP contribution in [0.25, 0.3) is 0 Å². The van der Waals surface area contributed by atoms with Crippen LogP contribution in [-0.4, -0.2) is 80.4 Å². The monoisotopic (exact) mass is 660 g/mol. The van der Waals surface area contributed by atoms with Gasteiger partial charge in [-0.15, -0.1) is 0 Å². The summed E-state index contributed by atoms with van der Waals surface area (Å²) in [6, 6.07) is 0. The summed E-state index contributed by atoms with van der Waals surface area (Å²) in [4.78, 5) is 56.1. The molecule has 216 valence electrons. The molecule has 36 heavy (non-hydrogen) atoms. The Morgan fingerprint density at radius 2 is 0.750 bits per heavy atom. The molecule has 0 radical (unpaired) electrons. The van der Waals surface area contributed by atoms with E-state index in [9.17, 15) is 43.1 Å². The maximum absolute atomic E-state index is 11.6. The lowest BCUT2D eigenvalue weighted by Gasteiger charge is -2.48. The average molecular weight is 660 g/mol. The highest BCUT2D eigenvalue weighted by molar-refractivity contribution is 7.47. The maximum Gasteiger partial charge on any atom is 0.470 e. The Hall–Kier alpha value is 1.14. The molecule has 9 atom stereocenters. The Morgan fingerprint density at radius 1 is 0.472 bits per heavy atom. The third kappa shape index (κ3) is 13.5. The van der Waals surface area contributed by atoms with Crippen LogP contribution >= 0.6 is 49.9 Å². The summed E-state index contributed by atoms with van der Waals surface area (Å²) in [5.74, 6) is 0. The van der Waals surface area contributed by atoms with Gasteiger partial charge in [-0.05, 0) is 30.2 Å². The minimum Gasteiger partial charge on any atom is -0.303 e. The molecule has 5 unspecified atom stereocenters. The van der Waals surface area contributed by atoms with Crippen LogP contribution < -0.4 is 0 Å². The first-order valence-electron chi connectivity index (χ1n) is 8.03. The Labute approximate surface area is 202 Å². The van der Waals surface area contributed by atoms with Crippen molar-refractivity contribution in [2.75, 3.05) is 0 Å². The molecule has 0 spiro atoms. The van der Waals surface area contributed by atoms with Gasteiger partial charge in [0.15, 0.2) is 0 Å². The fourth-order valence-electron chi connectivity index (χ4n) is 2.77. The van der Waals surface area contributed by atoms with E-state index < -0.39 is 85.2 Å². The van der Waals surface area contributed by atoms with E-state index in [-0.39, 0.29) is 0 Å². The van der Waals surface area contributed by atoms with Crippen LogP contribution in [0.5, 0.6) is 0 Å². The van der Waals surface area contributed by atoms with Gasteiger partial charge in [0.05, 0.1) is 26.4 Å². The average Bonchev–Trinajstić information content (AvgIpc) is 2.72. The van der Waals surface area contributed by atoms with Gasteiger partial charge in [0.1, 0.15) is 18.3 Å². The molecular formula is C6H18O24P6. The lowest BCUT2D eigenvalue weighted by atomic mass is 9.90. The summed E-state index contributed by atoms with van der Waals surface area (Å²) in [7, 11) is -20.6. The number of phosphoric acid groups is 3. The van der Waals surface area contributed by atoms with Crippen molar-refractivity contribution < 1.29 is 117 Å². The van der Waals surface area contributed by atoms with Crippen LogP contribution in [0.2, 0.25) is 0 Å². The van der Waals surface area contributed by atoms with Crippen molar-refractivity contribution in [1.29, 1.82) is 0 Å². The minimum absolute atomic E-state index is 1.19. The first-order chi connectivity index (χ1) is 16.6. The van der Waals surface area contributed by atoms with E-state index in [2.05, 4.69) is 57.8 Å². The third-order valence-electron chi connectivity index (χ3n) is 3.65. The zero-order valence-electron chi connectivity index (χ0n) is 16.5. The minimum atomic E-state index is -5.64. The molecule has 1 rings (SSSR count). The molecular weight excluding hydrogens is 642 g/mol. The predicted octanol–water partition coefficient (Wildman–Crippen LogP) is -0.622. The van der Waals surface area contributed by atoms with Gasteiger partial charge in [0, 0.05) is 17.0 Å². The Morgan fingerprint density at radius 3 is 1.03 bits per heavy atom. The summed E-state index contributed by atoms with van der Waals surface area (Å²) in [6.45, 7) is 0. The highest BCUT2D eigenvalue weighted by atomic mass is 31.2. The number of phosphoric ester groups is 3. The Kier molecular flexibility index (Phi) is 16.0. The molecule has 0 aromatic rings. The first kappa shape index (κ1) is 35.2. The summed E-state index contributed by atoms with van der Waals surface area (Å²) in [5, 5.41) is 45.9. The van der Waals surface area contributed by atoms with Crippen LogP contribution in [0.4, 0.5) is 0 Å². The van der Waals surface area contributed by atoms with Crippen molar-refractivity contribution >= 4 is 49.9 Å². The quantitative estimate of drug-likeness (QED) is 0.0382. The fourth-order valence-corrected chi connectivity index (χ4v) is 8.41. The van der Waals surface area contributed by atoms with E-state index >= 15 is 0 Å². The zero-order chi connectivity index (χ0) is 27.6. The fraction of sp³-hybridized carbons (Fsp3) is 1.00. The molecule has 30 heteroatoms. The summed E-state index contributed by atoms with van der Waals surface area (Å²) in [6.07, 6.45) is -6.99. The van der Waals surface area contributed by atoms with E-state index in [0.29, 0.717) is 0 Å².